The van der Waals surface area contributed by atoms with Gasteiger partial charge in [-0.05, 0) is 12.8 Å². The first kappa shape index (κ1) is 17.6. The van der Waals surface area contributed by atoms with E-state index in [2.05, 4.69) is 0 Å². The summed E-state index contributed by atoms with van der Waals surface area (Å²) in [5.74, 6) is -1.66. The van der Waals surface area contributed by atoms with E-state index in [1.54, 1.807) is 0 Å². The molecule has 22 heavy (non-hydrogen) atoms. The molecule has 0 aromatic heterocycles. The van der Waals surface area contributed by atoms with Crippen LogP contribution in [0.5, 0.6) is 0 Å². The van der Waals surface area contributed by atoms with E-state index in [9.17, 15) is 21.6 Å². The second-order valence-corrected chi connectivity index (χ2v) is 9.52. The lowest BCUT2D eigenvalue weighted by Gasteiger charge is -2.37. The van der Waals surface area contributed by atoms with Gasteiger partial charge in [-0.2, -0.15) is 21.3 Å². The van der Waals surface area contributed by atoms with Gasteiger partial charge in [0.15, 0.2) is 0 Å². The number of carbonyl (C=O) groups is 1. The fourth-order valence-electron chi connectivity index (χ4n) is 2.75. The van der Waals surface area contributed by atoms with Crippen LogP contribution in [0.3, 0.4) is 0 Å². The Bertz CT molecular complexity index is 624. The molecule has 1 unspecified atom stereocenters. The van der Waals surface area contributed by atoms with Crippen molar-refractivity contribution in [3.05, 3.63) is 0 Å². The summed E-state index contributed by atoms with van der Waals surface area (Å²) in [7, 11) is -7.06. The van der Waals surface area contributed by atoms with Gasteiger partial charge in [-0.15, -0.1) is 0 Å². The predicted molar refractivity (Wildman–Crippen MR) is 78.8 cm³/mol. The number of hydrogen-bond acceptors (Lipinski definition) is 5. The van der Waals surface area contributed by atoms with Crippen LogP contribution in [0.15, 0.2) is 0 Å². The fourth-order valence-corrected chi connectivity index (χ4v) is 5.26. The second kappa shape index (κ2) is 6.40. The third-order valence-corrected chi connectivity index (χ3v) is 7.36. The van der Waals surface area contributed by atoms with Gasteiger partial charge in [-0.3, -0.25) is 4.79 Å². The lowest BCUT2D eigenvalue weighted by atomic mass is 10.0. The summed E-state index contributed by atoms with van der Waals surface area (Å²) in [6, 6.07) is 0. The van der Waals surface area contributed by atoms with Gasteiger partial charge in [-0.25, -0.2) is 8.42 Å². The number of sulfonamides is 1. The van der Waals surface area contributed by atoms with E-state index in [-0.39, 0.29) is 32.7 Å². The molecule has 2 rings (SSSR count). The van der Waals surface area contributed by atoms with E-state index in [1.807, 2.05) is 0 Å². The molecule has 0 radical (unpaired) electrons. The SMILES string of the molecule is CS(=O)(=O)N1CCN(S(=O)(=O)N2CCCC(C(=O)O)C2)CC1. The molecule has 2 heterocycles. The minimum Gasteiger partial charge on any atom is -0.481 e. The normalized spacial score (nSPS) is 26.9. The average molecular weight is 355 g/mol. The quantitative estimate of drug-likeness (QED) is 0.663. The molecule has 2 fully saturated rings. The summed E-state index contributed by atoms with van der Waals surface area (Å²) in [6.07, 6.45) is 2.09. The number of aliphatic carboxylic acids is 1. The molecule has 9 nitrogen and oxygen atoms in total. The summed E-state index contributed by atoms with van der Waals surface area (Å²) in [5.41, 5.74) is 0. The van der Waals surface area contributed by atoms with E-state index in [4.69, 9.17) is 5.11 Å². The lowest BCUT2D eigenvalue weighted by molar-refractivity contribution is -0.142. The Labute approximate surface area is 130 Å². The Hall–Kier alpha value is -0.750. The van der Waals surface area contributed by atoms with Crippen molar-refractivity contribution in [2.24, 2.45) is 5.92 Å². The van der Waals surface area contributed by atoms with Gasteiger partial charge < -0.3 is 5.11 Å². The summed E-state index contributed by atoms with van der Waals surface area (Å²) in [6.45, 7) is 0.693. The number of piperidine rings is 1. The van der Waals surface area contributed by atoms with Crippen molar-refractivity contribution in [2.75, 3.05) is 45.5 Å². The summed E-state index contributed by atoms with van der Waals surface area (Å²) in [4.78, 5) is 11.0. The molecular weight excluding hydrogens is 334 g/mol. The maximum atomic E-state index is 12.6. The van der Waals surface area contributed by atoms with Crippen molar-refractivity contribution < 1.29 is 26.7 Å². The van der Waals surface area contributed by atoms with Gasteiger partial charge in [0.25, 0.3) is 10.2 Å². The number of carboxylic acid groups (broad SMARTS) is 1. The molecule has 2 aliphatic rings. The van der Waals surface area contributed by atoms with Crippen molar-refractivity contribution in [1.29, 1.82) is 0 Å². The number of piperazine rings is 1. The molecule has 0 saturated carbocycles. The Morgan fingerprint density at radius 2 is 1.50 bits per heavy atom. The minimum absolute atomic E-state index is 0.0239. The van der Waals surface area contributed by atoms with Crippen molar-refractivity contribution in [1.82, 2.24) is 12.9 Å². The topological polar surface area (TPSA) is 115 Å². The van der Waals surface area contributed by atoms with E-state index in [1.165, 1.54) is 12.9 Å². The largest absolute Gasteiger partial charge is 0.481 e. The molecule has 2 saturated heterocycles. The fraction of sp³-hybridized carbons (Fsp3) is 0.909. The first-order valence-electron chi connectivity index (χ1n) is 7.05. The summed E-state index contributed by atoms with van der Waals surface area (Å²) < 4.78 is 51.7. The van der Waals surface area contributed by atoms with Crippen LogP contribution in [0.25, 0.3) is 0 Å². The zero-order chi connectivity index (χ0) is 16.5. The molecule has 0 aromatic carbocycles. The van der Waals surface area contributed by atoms with Gasteiger partial charge in [0.2, 0.25) is 10.0 Å². The maximum absolute atomic E-state index is 12.6. The molecule has 2 aliphatic heterocycles. The molecule has 0 aromatic rings. The van der Waals surface area contributed by atoms with Crippen LogP contribution in [0.1, 0.15) is 12.8 Å². The van der Waals surface area contributed by atoms with Crippen LogP contribution in [0, 0.1) is 5.92 Å². The molecule has 128 valence electrons. The average Bonchev–Trinajstić information content (AvgIpc) is 2.46. The number of rotatable bonds is 4. The molecular formula is C11H21N3O6S2. The van der Waals surface area contributed by atoms with Crippen LogP contribution >= 0.6 is 0 Å². The van der Waals surface area contributed by atoms with E-state index in [0.717, 1.165) is 6.26 Å². The minimum atomic E-state index is -3.74. The van der Waals surface area contributed by atoms with Crippen molar-refractivity contribution in [3.63, 3.8) is 0 Å². The third-order valence-electron chi connectivity index (χ3n) is 4.05. The highest BCUT2D eigenvalue weighted by Gasteiger charge is 2.38. The number of hydrogen-bond donors (Lipinski definition) is 1. The number of nitrogens with zero attached hydrogens (tertiary/aromatic N) is 3. The van der Waals surface area contributed by atoms with Crippen LogP contribution in [0.2, 0.25) is 0 Å². The van der Waals surface area contributed by atoms with Crippen molar-refractivity contribution in [3.8, 4) is 0 Å². The Kier molecular flexibility index (Phi) is 5.12. The van der Waals surface area contributed by atoms with E-state index >= 15 is 0 Å². The Morgan fingerprint density at radius 3 is 2.00 bits per heavy atom. The van der Waals surface area contributed by atoms with E-state index in [0.29, 0.717) is 19.4 Å². The van der Waals surface area contributed by atoms with Crippen LogP contribution in [0.4, 0.5) is 0 Å². The predicted octanol–water partition coefficient (Wildman–Crippen LogP) is -1.39. The summed E-state index contributed by atoms with van der Waals surface area (Å²) in [5, 5.41) is 9.05. The molecule has 0 spiro atoms. The molecule has 1 N–H and O–H groups in total. The highest BCUT2D eigenvalue weighted by atomic mass is 32.2. The molecule has 1 atom stereocenters. The molecule has 11 heteroatoms. The lowest BCUT2D eigenvalue weighted by Crippen LogP contribution is -2.55. The maximum Gasteiger partial charge on any atom is 0.307 e. The van der Waals surface area contributed by atoms with Gasteiger partial charge in [0, 0.05) is 39.3 Å². The Balaban J connectivity index is 2.04. The molecule has 0 aliphatic carbocycles. The van der Waals surface area contributed by atoms with Crippen molar-refractivity contribution >= 4 is 26.2 Å². The zero-order valence-electron chi connectivity index (χ0n) is 12.4. The monoisotopic (exact) mass is 355 g/mol. The van der Waals surface area contributed by atoms with Crippen LogP contribution < -0.4 is 0 Å². The van der Waals surface area contributed by atoms with Crippen molar-refractivity contribution in [2.45, 2.75) is 12.8 Å². The highest BCUT2D eigenvalue weighted by Crippen LogP contribution is 2.22. The number of carboxylic acids is 1. The van der Waals surface area contributed by atoms with E-state index < -0.39 is 32.1 Å². The Morgan fingerprint density at radius 1 is 0.955 bits per heavy atom. The van der Waals surface area contributed by atoms with Gasteiger partial charge in [-0.1, -0.05) is 0 Å². The third kappa shape index (κ3) is 3.77. The smallest absolute Gasteiger partial charge is 0.307 e. The first-order valence-corrected chi connectivity index (χ1v) is 10.3. The van der Waals surface area contributed by atoms with Crippen LogP contribution in [-0.4, -0.2) is 86.4 Å². The molecule has 0 bridgehead atoms. The molecule has 0 amide bonds. The first-order chi connectivity index (χ1) is 10.1. The van der Waals surface area contributed by atoms with Crippen LogP contribution in [-0.2, 0) is 25.0 Å². The van der Waals surface area contributed by atoms with Gasteiger partial charge in [0.05, 0.1) is 12.2 Å². The standard InChI is InChI=1S/C11H21N3O6S2/c1-21(17,18)12-5-7-13(8-6-12)22(19,20)14-4-2-3-10(9-14)11(15)16/h10H,2-9H2,1H3,(H,15,16). The second-order valence-electron chi connectivity index (χ2n) is 5.60. The van der Waals surface area contributed by atoms with Gasteiger partial charge >= 0.3 is 5.97 Å². The highest BCUT2D eigenvalue weighted by molar-refractivity contribution is 7.88. The zero-order valence-corrected chi connectivity index (χ0v) is 14.0. The van der Waals surface area contributed by atoms with Gasteiger partial charge in [0.1, 0.15) is 0 Å². The summed E-state index contributed by atoms with van der Waals surface area (Å²) >= 11 is 0.